The maximum absolute atomic E-state index is 10.6. The molecule has 104 valence electrons. The Morgan fingerprint density at radius 2 is 1.37 bits per heavy atom. The van der Waals surface area contributed by atoms with E-state index < -0.39 is 11.9 Å². The average Bonchev–Trinajstić information content (AvgIpc) is 2.36. The van der Waals surface area contributed by atoms with E-state index in [4.69, 9.17) is 0 Å². The maximum atomic E-state index is 10.6. The molecule has 0 amide bonds. The first-order valence-electron chi connectivity index (χ1n) is 5.81. The summed E-state index contributed by atoms with van der Waals surface area (Å²) in [6, 6.07) is 10.1. The highest BCUT2D eigenvalue weighted by atomic mass is 17.2. The molecule has 19 heavy (non-hydrogen) atoms. The Morgan fingerprint density at radius 3 is 1.74 bits per heavy atom. The van der Waals surface area contributed by atoms with Gasteiger partial charge >= 0.3 is 11.9 Å². The van der Waals surface area contributed by atoms with E-state index in [1.165, 1.54) is 5.56 Å². The number of aryl methyl sites for hydroxylation is 1. The molecule has 0 spiro atoms. The zero-order valence-corrected chi connectivity index (χ0v) is 11.3. The van der Waals surface area contributed by atoms with E-state index in [0.29, 0.717) is 6.42 Å². The second-order valence-electron chi connectivity index (χ2n) is 3.84. The molecular weight excluding hydrogens is 248 g/mol. The second kappa shape index (κ2) is 9.82. The second-order valence-corrected chi connectivity index (χ2v) is 3.84. The van der Waals surface area contributed by atoms with Gasteiger partial charge in [0.15, 0.2) is 0 Å². The average molecular weight is 266 g/mol. The van der Waals surface area contributed by atoms with Crippen LogP contribution in [0.3, 0.4) is 0 Å². The third-order valence-corrected chi connectivity index (χ3v) is 1.88. The third-order valence-electron chi connectivity index (χ3n) is 1.88. The molecule has 0 atom stereocenters. The summed E-state index contributed by atoms with van der Waals surface area (Å²) in [6.45, 7) is 3.91. The summed E-state index contributed by atoms with van der Waals surface area (Å²) < 4.78 is 0. The van der Waals surface area contributed by atoms with Crippen LogP contribution in [0, 0.1) is 0 Å². The Balaban J connectivity index is 0.000000362. The number of benzene rings is 1. The minimum absolute atomic E-state index is 0.258. The highest BCUT2D eigenvalue weighted by Gasteiger charge is 1.95. The molecule has 0 aromatic heterocycles. The van der Waals surface area contributed by atoms with E-state index in [2.05, 4.69) is 9.78 Å². The van der Waals surface area contributed by atoms with Crippen LogP contribution in [0.2, 0.25) is 0 Å². The zero-order chi connectivity index (χ0) is 14.7. The van der Waals surface area contributed by atoms with Crippen LogP contribution in [-0.2, 0) is 30.6 Å². The van der Waals surface area contributed by atoms with Gasteiger partial charge in [0.05, 0.1) is 0 Å². The smallest absolute Gasteiger partial charge is 0.300 e. The summed E-state index contributed by atoms with van der Waals surface area (Å²) in [5.74, 6) is -1.02. The molecule has 0 saturated carbocycles. The summed E-state index contributed by atoms with van der Waals surface area (Å²) in [5.41, 5.74) is 1.24. The molecule has 0 saturated heterocycles. The fourth-order valence-electron chi connectivity index (χ4n) is 1.08. The Labute approximate surface area is 112 Å². The van der Waals surface area contributed by atoms with Crippen molar-refractivity contribution in [2.45, 2.75) is 33.6 Å². The van der Waals surface area contributed by atoms with Crippen molar-refractivity contribution in [2.24, 2.45) is 0 Å². The summed E-state index contributed by atoms with van der Waals surface area (Å²) in [5, 5.41) is 0. The summed E-state index contributed by atoms with van der Waals surface area (Å²) >= 11 is 0. The molecule has 1 aromatic carbocycles. The Hall–Kier alpha value is -2.17. The first-order valence-corrected chi connectivity index (χ1v) is 5.81. The van der Waals surface area contributed by atoms with Gasteiger partial charge in [-0.3, -0.25) is 0 Å². The summed E-state index contributed by atoms with van der Waals surface area (Å²) in [6.07, 6.45) is 1.53. The first-order chi connectivity index (χ1) is 8.91. The summed E-state index contributed by atoms with van der Waals surface area (Å²) in [7, 11) is 0. The minimum Gasteiger partial charge on any atom is -0.300 e. The van der Waals surface area contributed by atoms with E-state index in [-0.39, 0.29) is 5.78 Å². The highest BCUT2D eigenvalue weighted by Crippen LogP contribution is 2.01. The molecule has 5 heteroatoms. The van der Waals surface area contributed by atoms with Gasteiger partial charge in [-0.15, -0.1) is 0 Å². The molecule has 0 N–H and O–H groups in total. The lowest BCUT2D eigenvalue weighted by atomic mass is 10.1. The molecule has 0 unspecified atom stereocenters. The van der Waals surface area contributed by atoms with Gasteiger partial charge < -0.3 is 4.79 Å². The van der Waals surface area contributed by atoms with Crippen molar-refractivity contribution in [2.75, 3.05) is 0 Å². The Morgan fingerprint density at radius 1 is 0.895 bits per heavy atom. The number of ketones is 1. The number of carbonyl (C=O) groups is 3. The lowest BCUT2D eigenvalue weighted by molar-refractivity contribution is -0.255. The van der Waals surface area contributed by atoms with E-state index >= 15 is 0 Å². The molecule has 0 bridgehead atoms. The standard InChI is InChI=1S/C10H12O.C4H6O4/c1-9(11)7-8-10-5-3-2-4-6-10;1-3(5)7-8-4(2)6/h2-6H,7-8H2,1H3;1-2H3. The van der Waals surface area contributed by atoms with Crippen molar-refractivity contribution in [1.29, 1.82) is 0 Å². The number of carbonyl (C=O) groups excluding carboxylic acids is 3. The molecule has 0 fully saturated rings. The fraction of sp³-hybridized carbons (Fsp3) is 0.357. The molecule has 0 heterocycles. The van der Waals surface area contributed by atoms with Crippen molar-refractivity contribution in [1.82, 2.24) is 0 Å². The van der Waals surface area contributed by atoms with Crippen LogP contribution in [0.4, 0.5) is 0 Å². The van der Waals surface area contributed by atoms with Crippen molar-refractivity contribution in [3.8, 4) is 0 Å². The van der Waals surface area contributed by atoms with Gasteiger partial charge in [0, 0.05) is 20.3 Å². The molecule has 0 radical (unpaired) electrons. The summed E-state index contributed by atoms with van der Waals surface area (Å²) in [4.78, 5) is 37.9. The number of hydrogen-bond donors (Lipinski definition) is 0. The molecule has 0 aliphatic carbocycles. The molecule has 1 aromatic rings. The van der Waals surface area contributed by atoms with Crippen molar-refractivity contribution < 1.29 is 24.2 Å². The number of Topliss-reactive ketones (excluding diaryl/α,β-unsaturated/α-hetero) is 1. The van der Waals surface area contributed by atoms with Crippen LogP contribution in [-0.4, -0.2) is 17.7 Å². The highest BCUT2D eigenvalue weighted by molar-refractivity contribution is 5.75. The predicted molar refractivity (Wildman–Crippen MR) is 69.0 cm³/mol. The van der Waals surface area contributed by atoms with E-state index in [9.17, 15) is 14.4 Å². The van der Waals surface area contributed by atoms with E-state index in [1.54, 1.807) is 6.92 Å². The largest absolute Gasteiger partial charge is 0.352 e. The van der Waals surface area contributed by atoms with Gasteiger partial charge in [0.1, 0.15) is 5.78 Å². The van der Waals surface area contributed by atoms with Gasteiger partial charge in [-0.05, 0) is 18.9 Å². The Kier molecular flexibility index (Phi) is 8.70. The van der Waals surface area contributed by atoms with Crippen LogP contribution in [0.15, 0.2) is 30.3 Å². The quantitative estimate of drug-likeness (QED) is 0.620. The van der Waals surface area contributed by atoms with Gasteiger partial charge in [0.25, 0.3) is 0 Å². The first kappa shape index (κ1) is 16.8. The fourth-order valence-corrected chi connectivity index (χ4v) is 1.08. The van der Waals surface area contributed by atoms with Crippen molar-refractivity contribution >= 4 is 17.7 Å². The van der Waals surface area contributed by atoms with Crippen LogP contribution in [0.25, 0.3) is 0 Å². The number of hydrogen-bond acceptors (Lipinski definition) is 5. The van der Waals surface area contributed by atoms with Gasteiger partial charge in [0.2, 0.25) is 0 Å². The molecule has 0 aliphatic rings. The van der Waals surface area contributed by atoms with E-state index in [1.807, 2.05) is 30.3 Å². The van der Waals surface area contributed by atoms with E-state index in [0.717, 1.165) is 20.3 Å². The molecular formula is C14H18O5. The number of rotatable bonds is 3. The van der Waals surface area contributed by atoms with Crippen LogP contribution < -0.4 is 0 Å². The van der Waals surface area contributed by atoms with Crippen molar-refractivity contribution in [3.05, 3.63) is 35.9 Å². The lowest BCUT2D eigenvalue weighted by Crippen LogP contribution is -2.03. The minimum atomic E-state index is -0.639. The third kappa shape index (κ3) is 12.1. The Bertz CT molecular complexity index is 397. The van der Waals surface area contributed by atoms with Crippen LogP contribution >= 0.6 is 0 Å². The van der Waals surface area contributed by atoms with Gasteiger partial charge in [-0.25, -0.2) is 19.4 Å². The van der Waals surface area contributed by atoms with Gasteiger partial charge in [-0.2, -0.15) is 0 Å². The topological polar surface area (TPSA) is 69.7 Å². The van der Waals surface area contributed by atoms with Crippen LogP contribution in [0.1, 0.15) is 32.8 Å². The van der Waals surface area contributed by atoms with Gasteiger partial charge in [-0.1, -0.05) is 30.3 Å². The van der Waals surface area contributed by atoms with Crippen molar-refractivity contribution in [3.63, 3.8) is 0 Å². The van der Waals surface area contributed by atoms with Crippen LogP contribution in [0.5, 0.6) is 0 Å². The SMILES string of the molecule is CC(=O)CCc1ccccc1.CC(=O)OOC(C)=O. The molecule has 5 nitrogen and oxygen atoms in total. The molecule has 1 rings (SSSR count). The normalized spacial score (nSPS) is 8.79. The monoisotopic (exact) mass is 266 g/mol. The predicted octanol–water partition coefficient (Wildman–Crippen LogP) is 2.24. The zero-order valence-electron chi connectivity index (χ0n) is 11.3. The lowest BCUT2D eigenvalue weighted by Gasteiger charge is -1.96. The molecule has 0 aliphatic heterocycles. The maximum Gasteiger partial charge on any atom is 0.352 e.